The minimum atomic E-state index is -1.08. The van der Waals surface area contributed by atoms with Gasteiger partial charge >= 0.3 is 11.9 Å². The third kappa shape index (κ3) is 11.5. The number of carboxylic acids is 1. The molecule has 1 saturated heterocycles. The zero-order valence-corrected chi connectivity index (χ0v) is 31.3. The maximum absolute atomic E-state index is 14.0. The zero-order chi connectivity index (χ0) is 37.1. The highest BCUT2D eigenvalue weighted by Gasteiger charge is 2.36. The van der Waals surface area contributed by atoms with Gasteiger partial charge in [0.25, 0.3) is 5.91 Å². The Morgan fingerprint density at radius 2 is 1.74 bits per heavy atom. The fourth-order valence-corrected chi connectivity index (χ4v) is 7.06. The molecular formula is C37H53N5O7S. The summed E-state index contributed by atoms with van der Waals surface area (Å²) >= 11 is 1.16. The molecule has 1 aliphatic heterocycles. The number of likely N-dealkylation sites (tertiary alicyclic amines) is 1. The quantitative estimate of drug-likeness (QED) is 0.167. The fraction of sp³-hybridized carbons (Fsp3) is 0.568. The van der Waals surface area contributed by atoms with E-state index in [1.165, 1.54) is 19.9 Å². The van der Waals surface area contributed by atoms with Crippen LogP contribution >= 0.6 is 11.3 Å². The number of amides is 3. The van der Waals surface area contributed by atoms with Crippen molar-refractivity contribution in [2.24, 2.45) is 11.8 Å². The summed E-state index contributed by atoms with van der Waals surface area (Å²) in [6.07, 6.45) is 3.99. The van der Waals surface area contributed by atoms with Crippen LogP contribution in [0, 0.1) is 11.8 Å². The molecule has 3 N–H and O–H groups in total. The summed E-state index contributed by atoms with van der Waals surface area (Å²) in [5, 5.41) is 17.3. The molecule has 1 fully saturated rings. The summed E-state index contributed by atoms with van der Waals surface area (Å²) in [6.45, 7) is 11.3. The summed E-state index contributed by atoms with van der Waals surface area (Å²) in [5.41, 5.74) is 1.11. The van der Waals surface area contributed by atoms with Crippen LogP contribution in [0.2, 0.25) is 0 Å². The molecule has 13 heteroatoms. The molecule has 274 valence electrons. The molecule has 3 rings (SSSR count). The molecular weight excluding hydrogens is 659 g/mol. The third-order valence-electron chi connectivity index (χ3n) is 9.12. The van der Waals surface area contributed by atoms with Crippen molar-refractivity contribution in [3.8, 4) is 0 Å². The maximum Gasteiger partial charge on any atom is 0.331 e. The van der Waals surface area contributed by atoms with E-state index in [0.717, 1.165) is 42.7 Å². The highest BCUT2D eigenvalue weighted by atomic mass is 32.1. The second-order valence-electron chi connectivity index (χ2n) is 13.8. The van der Waals surface area contributed by atoms with Crippen LogP contribution in [0.25, 0.3) is 0 Å². The van der Waals surface area contributed by atoms with Crippen LogP contribution in [0.15, 0.2) is 47.4 Å². The summed E-state index contributed by atoms with van der Waals surface area (Å²) in [7, 11) is 3.63. The Labute approximate surface area is 299 Å². The van der Waals surface area contributed by atoms with Crippen molar-refractivity contribution in [2.75, 3.05) is 20.6 Å². The summed E-state index contributed by atoms with van der Waals surface area (Å²) in [6, 6.07) is 7.37. The SMILES string of the molecule is CC(=O)O[C@H](C[C@H](C(C)C)N(C)C(=O)[C@@H](NC(=O)[C@H]1CCCCN1C)C(C)C)c1nc(C(=O)N[C@H](/C=C(\C)C(=O)O)Cc2ccccc2)cs1. The van der Waals surface area contributed by atoms with Crippen LogP contribution in [-0.4, -0.2) is 94.4 Å². The monoisotopic (exact) mass is 711 g/mol. The molecule has 1 aromatic heterocycles. The van der Waals surface area contributed by atoms with Crippen LogP contribution < -0.4 is 10.6 Å². The molecule has 0 aliphatic carbocycles. The van der Waals surface area contributed by atoms with E-state index in [-0.39, 0.29) is 47.4 Å². The summed E-state index contributed by atoms with van der Waals surface area (Å²) in [5.74, 6) is -2.73. The number of benzene rings is 1. The number of esters is 1. The highest BCUT2D eigenvalue weighted by molar-refractivity contribution is 7.09. The van der Waals surface area contributed by atoms with Gasteiger partial charge in [0.1, 0.15) is 16.7 Å². The predicted molar refractivity (Wildman–Crippen MR) is 192 cm³/mol. The molecule has 2 heterocycles. The van der Waals surface area contributed by atoms with E-state index in [1.54, 1.807) is 17.3 Å². The van der Waals surface area contributed by atoms with Crippen molar-refractivity contribution < 1.29 is 33.8 Å². The molecule has 0 bridgehead atoms. The molecule has 2 aromatic rings. The molecule has 50 heavy (non-hydrogen) atoms. The van der Waals surface area contributed by atoms with Crippen molar-refractivity contribution in [2.45, 2.75) is 104 Å². The fourth-order valence-electron chi connectivity index (χ4n) is 6.22. The number of hydrogen-bond acceptors (Lipinski definition) is 9. The van der Waals surface area contributed by atoms with Gasteiger partial charge in [0.05, 0.1) is 12.1 Å². The Balaban J connectivity index is 1.81. The average molecular weight is 712 g/mol. The van der Waals surface area contributed by atoms with Crippen molar-refractivity contribution in [1.82, 2.24) is 25.4 Å². The van der Waals surface area contributed by atoms with Crippen LogP contribution in [0.1, 0.15) is 94.4 Å². The first-order valence-electron chi connectivity index (χ1n) is 17.2. The number of rotatable bonds is 16. The van der Waals surface area contributed by atoms with E-state index >= 15 is 0 Å². The second kappa shape index (κ2) is 18.8. The van der Waals surface area contributed by atoms with E-state index in [2.05, 4.69) is 15.6 Å². The molecule has 0 saturated carbocycles. The first-order valence-corrected chi connectivity index (χ1v) is 18.1. The number of ether oxygens (including phenoxy) is 1. The summed E-state index contributed by atoms with van der Waals surface area (Å²) < 4.78 is 5.73. The van der Waals surface area contributed by atoms with Gasteiger partial charge in [0.15, 0.2) is 6.10 Å². The lowest BCUT2D eigenvalue weighted by atomic mass is 9.94. The van der Waals surface area contributed by atoms with Crippen molar-refractivity contribution in [1.29, 1.82) is 0 Å². The van der Waals surface area contributed by atoms with Gasteiger partial charge in [-0.15, -0.1) is 11.3 Å². The number of nitrogens with zero attached hydrogens (tertiary/aromatic N) is 3. The lowest BCUT2D eigenvalue weighted by Crippen LogP contribution is -2.57. The molecule has 5 atom stereocenters. The molecule has 1 aliphatic rings. The van der Waals surface area contributed by atoms with Gasteiger partial charge in [-0.05, 0) is 57.2 Å². The van der Waals surface area contributed by atoms with E-state index < -0.39 is 42.1 Å². The Kier molecular flexibility index (Phi) is 15.1. The van der Waals surface area contributed by atoms with E-state index in [9.17, 15) is 29.1 Å². The molecule has 0 radical (unpaired) electrons. The molecule has 12 nitrogen and oxygen atoms in total. The smallest absolute Gasteiger partial charge is 0.331 e. The van der Waals surface area contributed by atoms with Crippen molar-refractivity contribution >= 4 is 41.0 Å². The largest absolute Gasteiger partial charge is 0.478 e. The number of carboxylic acid groups (broad SMARTS) is 1. The Morgan fingerprint density at radius 3 is 2.32 bits per heavy atom. The number of nitrogens with one attached hydrogen (secondary N) is 2. The van der Waals surface area contributed by atoms with Crippen molar-refractivity contribution in [3.05, 3.63) is 63.6 Å². The lowest BCUT2D eigenvalue weighted by Gasteiger charge is -2.37. The standard InChI is InChI=1S/C37H53N5O7S/c1-22(2)30(42(8)36(46)32(23(3)4)40-34(45)29-16-12-13-17-41(29)7)20-31(49-25(6)43)35-39-28(21-50-35)33(44)38-27(18-24(5)37(47)48)19-26-14-10-9-11-15-26/h9-11,14-15,18,21-23,27,29-32H,12-13,16-17,19-20H2,1-8H3,(H,38,44)(H,40,45)(H,47,48)/b24-18+/t27-,29-,30-,31-,32+/m1/s1. The predicted octanol–water partition coefficient (Wildman–Crippen LogP) is 4.62. The van der Waals surface area contributed by atoms with Crippen LogP contribution in [0.4, 0.5) is 0 Å². The number of thiazole rings is 1. The minimum absolute atomic E-state index is 0.0549. The van der Waals surface area contributed by atoms with Gasteiger partial charge in [0, 0.05) is 37.4 Å². The van der Waals surface area contributed by atoms with Crippen LogP contribution in [-0.2, 0) is 30.3 Å². The zero-order valence-electron chi connectivity index (χ0n) is 30.5. The van der Waals surface area contributed by atoms with Gasteiger partial charge in [-0.1, -0.05) is 70.5 Å². The van der Waals surface area contributed by atoms with Gasteiger partial charge in [-0.2, -0.15) is 0 Å². The molecule has 0 spiro atoms. The number of hydrogen-bond donors (Lipinski definition) is 3. The Bertz CT molecular complexity index is 1510. The first-order chi connectivity index (χ1) is 23.6. The number of piperidine rings is 1. The van der Waals surface area contributed by atoms with Gasteiger partial charge < -0.3 is 25.4 Å². The van der Waals surface area contributed by atoms with E-state index in [4.69, 9.17) is 4.74 Å². The average Bonchev–Trinajstić information content (AvgIpc) is 3.55. The van der Waals surface area contributed by atoms with E-state index in [0.29, 0.717) is 11.4 Å². The lowest BCUT2D eigenvalue weighted by molar-refractivity contribution is -0.149. The number of aromatic nitrogens is 1. The normalized spacial score (nSPS) is 17.8. The Hall–Kier alpha value is -4.10. The third-order valence-corrected chi connectivity index (χ3v) is 10.1. The second-order valence-corrected chi connectivity index (χ2v) is 14.7. The molecule has 3 amide bonds. The van der Waals surface area contributed by atoms with Crippen LogP contribution in [0.3, 0.4) is 0 Å². The van der Waals surface area contributed by atoms with E-state index in [1.807, 2.05) is 70.0 Å². The maximum atomic E-state index is 14.0. The summed E-state index contributed by atoms with van der Waals surface area (Å²) in [4.78, 5) is 72.7. The molecule has 0 unspecified atom stereocenters. The number of aliphatic carboxylic acids is 1. The van der Waals surface area contributed by atoms with Gasteiger partial charge in [-0.25, -0.2) is 9.78 Å². The minimum Gasteiger partial charge on any atom is -0.478 e. The molecule has 1 aromatic carbocycles. The van der Waals surface area contributed by atoms with Crippen molar-refractivity contribution in [3.63, 3.8) is 0 Å². The first kappa shape index (κ1) is 40.3. The number of carbonyl (C=O) groups is 5. The van der Waals surface area contributed by atoms with Gasteiger partial charge in [-0.3, -0.25) is 24.1 Å². The topological polar surface area (TPSA) is 158 Å². The van der Waals surface area contributed by atoms with Gasteiger partial charge in [0.2, 0.25) is 11.8 Å². The number of carbonyl (C=O) groups excluding carboxylic acids is 4. The van der Waals surface area contributed by atoms with Crippen LogP contribution in [0.5, 0.6) is 0 Å². The number of likely N-dealkylation sites (N-methyl/N-ethyl adjacent to an activating group) is 2. The Morgan fingerprint density at radius 1 is 1.06 bits per heavy atom. The highest BCUT2D eigenvalue weighted by Crippen LogP contribution is 2.31.